The lowest BCUT2D eigenvalue weighted by Crippen LogP contribution is -2.66. The summed E-state index contributed by atoms with van der Waals surface area (Å²) in [6.45, 7) is -5.31. The van der Waals surface area contributed by atoms with Gasteiger partial charge in [0.2, 0.25) is 5.79 Å². The normalized spacial score (nSPS) is 22.5. The van der Waals surface area contributed by atoms with Crippen LogP contribution in [0.5, 0.6) is 0 Å². The second-order valence-electron chi connectivity index (χ2n) is 10.3. The first-order valence-corrected chi connectivity index (χ1v) is 28.5. The molecule has 0 aromatic heterocycles. The van der Waals surface area contributed by atoms with E-state index in [0.29, 0.717) is 0 Å². The molecule has 0 bridgehead atoms. The van der Waals surface area contributed by atoms with Crippen LogP contribution < -0.4 is 0 Å². The Bertz CT molecular complexity index is 2460. The van der Waals surface area contributed by atoms with Crippen molar-refractivity contribution in [2.24, 2.45) is 0 Å². The highest BCUT2D eigenvalue weighted by Crippen LogP contribution is 2.43. The van der Waals surface area contributed by atoms with Gasteiger partial charge in [0.05, 0.1) is 13.2 Å². The fraction of sp³-hybridized carbons (Fsp3) is 1.00. The molecule has 32 N–H and O–H groups in total. The van der Waals surface area contributed by atoms with Gasteiger partial charge in [-0.25, -0.2) is 33.5 Å². The molecule has 0 unspecified atom stereocenters. The molecule has 0 aromatic rings. The van der Waals surface area contributed by atoms with Gasteiger partial charge in [-0.15, -0.1) is 0 Å². The lowest BCUT2D eigenvalue weighted by Gasteiger charge is -2.46. The quantitative estimate of drug-likeness (QED) is 0.0628. The molecule has 2 saturated heterocycles. The number of hydrogen-bond donors (Lipinski definition) is 0. The van der Waals surface area contributed by atoms with Crippen molar-refractivity contribution in [3.63, 3.8) is 0 Å². The molecular weight excluding hydrogens is 1430 g/mol. The lowest BCUT2D eigenvalue weighted by atomic mass is 9.99. The van der Waals surface area contributed by atoms with E-state index in [4.69, 9.17) is 35.1 Å². The highest BCUT2D eigenvalue weighted by Gasteiger charge is 2.65. The minimum atomic E-state index is -5.67. The molecule has 0 amide bonds. The van der Waals surface area contributed by atoms with E-state index in [9.17, 15) is 67.3 Å². The first kappa shape index (κ1) is 119. The second kappa shape index (κ2) is 48.4. The zero-order valence-electron chi connectivity index (χ0n) is 37.4. The van der Waals surface area contributed by atoms with Crippen LogP contribution in [0.3, 0.4) is 0 Å². The van der Waals surface area contributed by atoms with E-state index in [1.54, 1.807) is 0 Å². The Morgan fingerprint density at radius 3 is 0.911 bits per heavy atom. The van der Waals surface area contributed by atoms with Gasteiger partial charge in [-0.3, -0.25) is 0 Å². The number of hydrogen-bond acceptors (Lipinski definition) is 35. The molecule has 51 nitrogen and oxygen atoms in total. The average molecular weight is 1480 g/mol. The fourth-order valence-electron chi connectivity index (χ4n) is 4.41. The summed E-state index contributed by atoms with van der Waals surface area (Å²) < 4.78 is 288. The van der Waals surface area contributed by atoms with Crippen molar-refractivity contribution >= 4 is 216 Å². The van der Waals surface area contributed by atoms with Crippen molar-refractivity contribution < 1.29 is 229 Å². The standard InChI is InChI=1S/C12H22O35S8.8Al.16H2O/c13-48(14,15)37-1-4-6(43-51(22,23)24)8(45-53(28,29)30)9(46-54(31,32)33)11(40-4)42-12(3-39-50(19,20)21)10(47-55(34,35)36)7(44-52(25,26)27)5(41-12)2-38-49(16,17)18;;;;;;;;;;;;;;;;;;;;;;;;/h4-11H,1-3H2,(H,13,14,15)(H,16,17,18)(H,19,20,21)(H,22,23,24)(H,25,26,27)(H,28,29,30)(H,31,32,33)(H,34,35,36);;;;;;;;;16*1H2/q;8*+1;;;;;;;;;;;;;;;;/p-8/t4-,5-,6-,7-,8+,9-,10+,11-,12+;;;;;;;;;;;;;;;;;;;;;;;;/m1......................../s1. The van der Waals surface area contributed by atoms with Crippen LogP contribution in [-0.2, 0) is 157 Å². The number of ether oxygens (including phenoxy) is 3. The molecule has 9 atom stereocenters. The second-order valence-corrected chi connectivity index (χ2v) is 24.6. The third-order valence-electron chi connectivity index (χ3n) is 6.59. The average Bonchev–Trinajstić information content (AvgIpc) is 3.47. The van der Waals surface area contributed by atoms with Crippen LogP contribution in [0, 0.1) is 0 Å². The minimum absolute atomic E-state index is 0. The van der Waals surface area contributed by atoms with Crippen molar-refractivity contribution in [3.05, 3.63) is 0 Å². The van der Waals surface area contributed by atoms with Crippen molar-refractivity contribution in [2.45, 2.75) is 54.8 Å². The highest BCUT2D eigenvalue weighted by atomic mass is 32.3. The number of rotatable bonds is 29. The monoisotopic (exact) mass is 1480 g/mol. The van der Waals surface area contributed by atoms with Crippen LogP contribution in [0.4, 0.5) is 0 Å². The van der Waals surface area contributed by atoms with E-state index in [0.717, 1.165) is 99.7 Å². The molecule has 0 spiro atoms. The summed E-state index contributed by atoms with van der Waals surface area (Å²) in [5.41, 5.74) is 0. The Labute approximate surface area is 514 Å². The van der Waals surface area contributed by atoms with Crippen molar-refractivity contribution in [1.29, 1.82) is 0 Å². The van der Waals surface area contributed by atoms with Gasteiger partial charge in [-0.05, 0) is 0 Å². The molecule has 472 valence electrons. The largest absolute Gasteiger partial charge is 0.412 e. The minimum Gasteiger partial charge on any atom is -0.412 e. The molecule has 79 heavy (non-hydrogen) atoms. The Morgan fingerprint density at radius 2 is 0.582 bits per heavy atom. The summed E-state index contributed by atoms with van der Waals surface area (Å²) in [6.07, 6.45) is -23.4. The fourth-order valence-corrected chi connectivity index (χ4v) is 9.37. The van der Waals surface area contributed by atoms with Gasteiger partial charge in [0, 0.05) is 0 Å². The summed E-state index contributed by atoms with van der Waals surface area (Å²) in [5, 5.41) is 0. The van der Waals surface area contributed by atoms with Crippen molar-refractivity contribution in [3.8, 4) is 0 Å². The molecule has 0 aliphatic carbocycles. The van der Waals surface area contributed by atoms with Gasteiger partial charge >= 0.3 is 216 Å². The molecule has 2 fully saturated rings. The SMILES string of the molecule is O.O.O.O.O.O.O.O.O.O.O.O.O.O.O.O.O=S(=O)([O][Al])OC[C@H]1O[C@@](COS(=O)(=O)[O][Al])(O[C@H]2O[C@H](COS(=O)(=O)[O][Al])[C@@H](OS(=O)(=O)[O][Al])[C@H](OS(=O)(=O)[O][Al])[C@H]2OS(=O)(=O)[O][Al])[C@@H](OS(=O)(=O)[O][Al])[C@@H]1OS(=O)(=O)[O][Al]. The third kappa shape index (κ3) is 37.8. The molecule has 16 radical (unpaired) electrons. The van der Waals surface area contributed by atoms with Gasteiger partial charge in [0.15, 0.2) is 18.5 Å². The molecule has 2 heterocycles. The lowest BCUT2D eigenvalue weighted by molar-refractivity contribution is -0.374. The van der Waals surface area contributed by atoms with E-state index in [-0.39, 0.29) is 87.6 Å². The van der Waals surface area contributed by atoms with Gasteiger partial charge < -0.3 is 128 Å². The molecule has 67 heteroatoms. The first-order chi connectivity index (χ1) is 28.7. The van der Waals surface area contributed by atoms with Gasteiger partial charge in [-0.2, -0.15) is 67.3 Å². The van der Waals surface area contributed by atoms with Crippen LogP contribution >= 0.6 is 0 Å². The van der Waals surface area contributed by atoms with Crippen LogP contribution in [0.1, 0.15) is 0 Å². The predicted octanol–water partition coefficient (Wildman–Crippen LogP) is -23.6. The smallest absolute Gasteiger partial charge is 0.408 e. The maximum atomic E-state index is 12.9. The molecule has 2 rings (SSSR count). The molecule has 0 aromatic carbocycles. The summed E-state index contributed by atoms with van der Waals surface area (Å²) in [4.78, 5) is 0. The summed E-state index contributed by atoms with van der Waals surface area (Å²) in [5.74, 6) is -3.80. The summed E-state index contributed by atoms with van der Waals surface area (Å²) >= 11 is 9.26. The highest BCUT2D eigenvalue weighted by molar-refractivity contribution is 7.84. The zero-order valence-corrected chi connectivity index (χ0v) is 53.2. The van der Waals surface area contributed by atoms with Crippen LogP contribution in [-0.4, -0.2) is 363 Å². The first-order valence-electron chi connectivity index (χ1n) is 14.1. The summed E-state index contributed by atoms with van der Waals surface area (Å²) in [6, 6.07) is 0. The molecule has 2 aliphatic heterocycles. The van der Waals surface area contributed by atoms with Crippen LogP contribution in [0.25, 0.3) is 0 Å². The Morgan fingerprint density at radius 1 is 0.316 bits per heavy atom. The van der Waals surface area contributed by atoms with Gasteiger partial charge in [0.25, 0.3) is 0 Å². The molecular formula is C12H46Al8O51S8. The topological polar surface area (TPSA) is 952 Å². The maximum Gasteiger partial charge on any atom is 0.408 e. The van der Waals surface area contributed by atoms with Crippen LogP contribution in [0.15, 0.2) is 0 Å². The molecule has 2 aliphatic rings. The Hall–Kier alpha value is 2.46. The van der Waals surface area contributed by atoms with E-state index < -0.39 is 158 Å². The zero-order chi connectivity index (χ0) is 48.7. The van der Waals surface area contributed by atoms with Crippen LogP contribution in [0.2, 0.25) is 0 Å². The molecule has 0 saturated carbocycles. The van der Waals surface area contributed by atoms with E-state index in [2.05, 4.69) is 38.4 Å². The van der Waals surface area contributed by atoms with Crippen molar-refractivity contribution in [2.75, 3.05) is 19.8 Å². The maximum absolute atomic E-state index is 12.9. The van der Waals surface area contributed by atoms with Crippen molar-refractivity contribution in [1.82, 2.24) is 0 Å². The van der Waals surface area contributed by atoms with E-state index >= 15 is 0 Å². The van der Waals surface area contributed by atoms with Gasteiger partial charge in [-0.1, -0.05) is 0 Å². The van der Waals surface area contributed by atoms with E-state index in [1.807, 2.05) is 0 Å². The predicted molar refractivity (Wildman–Crippen MR) is 243 cm³/mol. The van der Waals surface area contributed by atoms with E-state index in [1.165, 1.54) is 33.2 Å². The Balaban J connectivity index is -0.000000197. The van der Waals surface area contributed by atoms with Gasteiger partial charge in [0.1, 0.15) is 37.1 Å². The third-order valence-corrected chi connectivity index (χ3v) is 17.7. The Kier molecular flexibility index (Phi) is 73.1. The summed E-state index contributed by atoms with van der Waals surface area (Å²) in [7, 11) is -43.7.